The Bertz CT molecular complexity index is 467. The Hall–Kier alpha value is -1.47. The van der Waals surface area contributed by atoms with Gasteiger partial charge in [-0.3, -0.25) is 4.90 Å². The van der Waals surface area contributed by atoms with Crippen LogP contribution in [0.3, 0.4) is 0 Å². The van der Waals surface area contributed by atoms with Gasteiger partial charge in [0.2, 0.25) is 0 Å². The van der Waals surface area contributed by atoms with Gasteiger partial charge in [0.1, 0.15) is 22.9 Å². The molecule has 1 unspecified atom stereocenters. The lowest BCUT2D eigenvalue weighted by atomic mass is 10.2. The highest BCUT2D eigenvalue weighted by atomic mass is 32.1. The Morgan fingerprint density at radius 2 is 2.20 bits per heavy atom. The first-order valence-corrected chi connectivity index (χ1v) is 7.00. The molecule has 0 bridgehead atoms. The summed E-state index contributed by atoms with van der Waals surface area (Å²) in [6.07, 6.45) is 0.117. The van der Waals surface area contributed by atoms with Crippen molar-refractivity contribution in [3.8, 4) is 0 Å². The monoisotopic (exact) mass is 300 g/mol. The predicted octanol–water partition coefficient (Wildman–Crippen LogP) is 2.40. The van der Waals surface area contributed by atoms with Gasteiger partial charge < -0.3 is 14.3 Å². The SMILES string of the molecule is COCc1nc(C(C=O)N(C)C(=O)OC(C)(C)C)cs1. The fourth-order valence-electron chi connectivity index (χ4n) is 1.46. The fourth-order valence-corrected chi connectivity index (χ4v) is 2.25. The summed E-state index contributed by atoms with van der Waals surface area (Å²) >= 11 is 1.39. The van der Waals surface area contributed by atoms with E-state index in [1.54, 1.807) is 33.3 Å². The lowest BCUT2D eigenvalue weighted by molar-refractivity contribution is -0.112. The molecule has 0 saturated carbocycles. The van der Waals surface area contributed by atoms with Crippen molar-refractivity contribution < 1.29 is 19.1 Å². The van der Waals surface area contributed by atoms with Crippen LogP contribution in [0.1, 0.15) is 37.5 Å². The third-order valence-electron chi connectivity index (χ3n) is 2.37. The molecular weight excluding hydrogens is 280 g/mol. The minimum absolute atomic E-state index is 0.381. The van der Waals surface area contributed by atoms with Gasteiger partial charge >= 0.3 is 6.09 Å². The van der Waals surface area contributed by atoms with E-state index >= 15 is 0 Å². The average molecular weight is 300 g/mol. The molecule has 0 spiro atoms. The Kier molecular flexibility index (Phi) is 5.64. The number of aromatic nitrogens is 1. The Labute approximate surface area is 122 Å². The Morgan fingerprint density at radius 1 is 1.55 bits per heavy atom. The molecule has 0 saturated heterocycles. The van der Waals surface area contributed by atoms with Crippen LogP contribution >= 0.6 is 11.3 Å². The zero-order valence-electron chi connectivity index (χ0n) is 12.4. The van der Waals surface area contributed by atoms with Gasteiger partial charge in [0.05, 0.1) is 12.3 Å². The van der Waals surface area contributed by atoms with Crippen LogP contribution in [0.2, 0.25) is 0 Å². The van der Waals surface area contributed by atoms with E-state index in [0.29, 0.717) is 18.6 Å². The maximum atomic E-state index is 12.0. The third kappa shape index (κ3) is 4.57. The van der Waals surface area contributed by atoms with E-state index in [1.165, 1.54) is 23.3 Å². The summed E-state index contributed by atoms with van der Waals surface area (Å²) in [5.74, 6) is 0. The first-order chi connectivity index (χ1) is 9.28. The normalized spacial score (nSPS) is 12.8. The van der Waals surface area contributed by atoms with Crippen LogP contribution in [0.25, 0.3) is 0 Å². The van der Waals surface area contributed by atoms with Crippen LogP contribution in [-0.2, 0) is 20.9 Å². The van der Waals surface area contributed by atoms with Crippen LogP contribution in [0, 0.1) is 0 Å². The highest BCUT2D eigenvalue weighted by molar-refractivity contribution is 7.09. The molecule has 1 heterocycles. The molecule has 0 aromatic carbocycles. The number of thiazole rings is 1. The first kappa shape index (κ1) is 16.6. The van der Waals surface area contributed by atoms with Gasteiger partial charge in [-0.15, -0.1) is 11.3 Å². The zero-order valence-corrected chi connectivity index (χ0v) is 13.2. The number of amides is 1. The maximum absolute atomic E-state index is 12.0. The molecule has 0 aliphatic heterocycles. The summed E-state index contributed by atoms with van der Waals surface area (Å²) < 4.78 is 10.2. The number of methoxy groups -OCH3 is 1. The number of nitrogens with zero attached hydrogens (tertiary/aromatic N) is 2. The smallest absolute Gasteiger partial charge is 0.410 e. The summed E-state index contributed by atoms with van der Waals surface area (Å²) in [5, 5.41) is 2.50. The van der Waals surface area contributed by atoms with Gasteiger partial charge in [-0.1, -0.05) is 0 Å². The van der Waals surface area contributed by atoms with Crippen LogP contribution in [-0.4, -0.2) is 42.0 Å². The van der Waals surface area contributed by atoms with Crippen molar-refractivity contribution in [2.45, 2.75) is 39.0 Å². The standard InChI is InChI=1S/C13H20N2O4S/c1-13(2,3)19-12(17)15(4)10(6-16)9-8-20-11(14-9)7-18-5/h6,8,10H,7H2,1-5H3. The molecule has 1 aromatic heterocycles. The van der Waals surface area contributed by atoms with Crippen molar-refractivity contribution in [3.63, 3.8) is 0 Å². The molecule has 0 N–H and O–H groups in total. The second-order valence-electron chi connectivity index (χ2n) is 5.27. The molecule has 1 atom stereocenters. The minimum Gasteiger partial charge on any atom is -0.444 e. The highest BCUT2D eigenvalue weighted by Gasteiger charge is 2.27. The molecule has 112 valence electrons. The van der Waals surface area contributed by atoms with Crippen molar-refractivity contribution in [2.24, 2.45) is 0 Å². The van der Waals surface area contributed by atoms with Crippen LogP contribution in [0.5, 0.6) is 0 Å². The summed E-state index contributed by atoms with van der Waals surface area (Å²) in [4.78, 5) is 28.8. The van der Waals surface area contributed by atoms with E-state index in [0.717, 1.165) is 5.01 Å². The molecule has 20 heavy (non-hydrogen) atoms. The molecule has 0 fully saturated rings. The summed E-state index contributed by atoms with van der Waals surface area (Å²) in [6.45, 7) is 5.70. The molecule has 0 aliphatic rings. The van der Waals surface area contributed by atoms with Gasteiger partial charge in [-0.25, -0.2) is 9.78 Å². The van der Waals surface area contributed by atoms with Gasteiger partial charge in [0.15, 0.2) is 0 Å². The van der Waals surface area contributed by atoms with Crippen LogP contribution < -0.4 is 0 Å². The summed E-state index contributed by atoms with van der Waals surface area (Å²) in [7, 11) is 3.09. The van der Waals surface area contributed by atoms with E-state index in [-0.39, 0.29) is 0 Å². The molecular formula is C13H20N2O4S. The Balaban J connectivity index is 2.83. The molecule has 1 amide bonds. The molecule has 0 radical (unpaired) electrons. The zero-order chi connectivity index (χ0) is 15.3. The van der Waals surface area contributed by atoms with E-state index < -0.39 is 17.7 Å². The average Bonchev–Trinajstić information content (AvgIpc) is 2.76. The van der Waals surface area contributed by atoms with Gasteiger partial charge in [-0.05, 0) is 20.8 Å². The lowest BCUT2D eigenvalue weighted by Gasteiger charge is -2.27. The van der Waals surface area contributed by atoms with E-state index in [4.69, 9.17) is 9.47 Å². The number of hydrogen-bond donors (Lipinski definition) is 0. The number of carbonyl (C=O) groups excluding carboxylic acids is 2. The number of ether oxygens (including phenoxy) is 2. The lowest BCUT2D eigenvalue weighted by Crippen LogP contribution is -2.37. The van der Waals surface area contributed by atoms with E-state index in [9.17, 15) is 9.59 Å². The number of aldehydes is 1. The quantitative estimate of drug-likeness (QED) is 0.781. The molecule has 6 nitrogen and oxygen atoms in total. The summed E-state index contributed by atoms with van der Waals surface area (Å²) in [5.41, 5.74) is -0.0902. The maximum Gasteiger partial charge on any atom is 0.410 e. The van der Waals surface area contributed by atoms with Gasteiger partial charge in [0.25, 0.3) is 0 Å². The fraction of sp³-hybridized carbons (Fsp3) is 0.615. The third-order valence-corrected chi connectivity index (χ3v) is 3.21. The van der Waals surface area contributed by atoms with Crippen molar-refractivity contribution >= 4 is 23.7 Å². The minimum atomic E-state index is -0.758. The van der Waals surface area contributed by atoms with Crippen molar-refractivity contribution in [1.82, 2.24) is 9.88 Å². The van der Waals surface area contributed by atoms with Gasteiger partial charge in [-0.2, -0.15) is 0 Å². The first-order valence-electron chi connectivity index (χ1n) is 6.13. The second-order valence-corrected chi connectivity index (χ2v) is 6.21. The van der Waals surface area contributed by atoms with Crippen LogP contribution in [0.4, 0.5) is 4.79 Å². The number of likely N-dealkylation sites (N-methyl/N-ethyl adjacent to an activating group) is 1. The van der Waals surface area contributed by atoms with E-state index in [1.807, 2.05) is 0 Å². The van der Waals surface area contributed by atoms with E-state index in [2.05, 4.69) is 4.98 Å². The molecule has 1 aromatic rings. The number of hydrogen-bond acceptors (Lipinski definition) is 6. The van der Waals surface area contributed by atoms with Crippen molar-refractivity contribution in [2.75, 3.05) is 14.2 Å². The van der Waals surface area contributed by atoms with Crippen molar-refractivity contribution in [3.05, 3.63) is 16.1 Å². The Morgan fingerprint density at radius 3 is 2.70 bits per heavy atom. The largest absolute Gasteiger partial charge is 0.444 e. The predicted molar refractivity (Wildman–Crippen MR) is 75.6 cm³/mol. The highest BCUT2D eigenvalue weighted by Crippen LogP contribution is 2.22. The molecule has 0 aliphatic carbocycles. The molecule has 7 heteroatoms. The number of rotatable bonds is 5. The van der Waals surface area contributed by atoms with Crippen LogP contribution in [0.15, 0.2) is 5.38 Å². The second kappa shape index (κ2) is 6.81. The summed E-state index contributed by atoms with van der Waals surface area (Å²) in [6, 6.07) is -0.758. The molecule has 1 rings (SSSR count). The number of carbonyl (C=O) groups is 2. The van der Waals surface area contributed by atoms with Crippen molar-refractivity contribution in [1.29, 1.82) is 0 Å². The van der Waals surface area contributed by atoms with Gasteiger partial charge in [0, 0.05) is 19.5 Å². The topological polar surface area (TPSA) is 68.7 Å².